The summed E-state index contributed by atoms with van der Waals surface area (Å²) in [7, 11) is 0. The summed E-state index contributed by atoms with van der Waals surface area (Å²) in [6, 6.07) is 0. The van der Waals surface area contributed by atoms with Crippen molar-refractivity contribution in [1.29, 1.82) is 0 Å². The van der Waals surface area contributed by atoms with Crippen molar-refractivity contribution in [3.8, 4) is 0 Å². The average molecular weight is 242 g/mol. The van der Waals surface area contributed by atoms with Crippen LogP contribution >= 0.6 is 0 Å². The number of aliphatic hydroxyl groups is 1. The minimum Gasteiger partial charge on any atom is -0.388 e. The first-order chi connectivity index (χ1) is 7.90. The topological polar surface area (TPSA) is 61.4 Å². The molecule has 1 aliphatic rings. The van der Waals surface area contributed by atoms with Crippen LogP contribution in [0.1, 0.15) is 52.9 Å². The largest absolute Gasteiger partial charge is 0.388 e. The normalized spacial score (nSPS) is 28.5. The van der Waals surface area contributed by atoms with E-state index in [1.165, 1.54) is 0 Å². The Morgan fingerprint density at radius 3 is 2.76 bits per heavy atom. The number of nitrogens with one attached hydrogen (secondary N) is 2. The quantitative estimate of drug-likeness (QED) is 0.678. The number of carbonyl (C=O) groups is 1. The molecule has 0 bridgehead atoms. The first kappa shape index (κ1) is 14.5. The fraction of sp³-hybridized carbons (Fsp3) is 0.923. The molecule has 0 aromatic rings. The molecule has 0 saturated carbocycles. The highest BCUT2D eigenvalue weighted by Gasteiger charge is 2.35. The molecule has 1 rings (SSSR count). The Morgan fingerprint density at radius 2 is 2.24 bits per heavy atom. The van der Waals surface area contributed by atoms with Gasteiger partial charge < -0.3 is 15.7 Å². The van der Waals surface area contributed by atoms with Crippen molar-refractivity contribution in [2.75, 3.05) is 13.1 Å². The van der Waals surface area contributed by atoms with Gasteiger partial charge in [0.15, 0.2) is 0 Å². The summed E-state index contributed by atoms with van der Waals surface area (Å²) in [6.07, 6.45) is 4.71. The van der Waals surface area contributed by atoms with Crippen LogP contribution in [0.15, 0.2) is 0 Å². The summed E-state index contributed by atoms with van der Waals surface area (Å²) in [5, 5.41) is 16.1. The Labute approximate surface area is 104 Å². The van der Waals surface area contributed by atoms with E-state index in [0.29, 0.717) is 13.0 Å². The fourth-order valence-electron chi connectivity index (χ4n) is 2.34. The van der Waals surface area contributed by atoms with Gasteiger partial charge in [-0.05, 0) is 46.1 Å². The summed E-state index contributed by atoms with van der Waals surface area (Å²) < 4.78 is 0. The smallest absolute Gasteiger partial charge is 0.240 e. The van der Waals surface area contributed by atoms with E-state index >= 15 is 0 Å². The van der Waals surface area contributed by atoms with Crippen molar-refractivity contribution in [3.63, 3.8) is 0 Å². The Bertz CT molecular complexity index is 258. The van der Waals surface area contributed by atoms with E-state index < -0.39 is 11.1 Å². The van der Waals surface area contributed by atoms with Crippen LogP contribution in [0.5, 0.6) is 0 Å². The highest BCUT2D eigenvalue weighted by molar-refractivity contribution is 5.86. The van der Waals surface area contributed by atoms with Crippen LogP contribution in [0.3, 0.4) is 0 Å². The van der Waals surface area contributed by atoms with Crippen LogP contribution < -0.4 is 10.6 Å². The Balaban J connectivity index is 2.43. The molecule has 1 saturated heterocycles. The average Bonchev–Trinajstić information content (AvgIpc) is 2.27. The van der Waals surface area contributed by atoms with Gasteiger partial charge in [0.05, 0.1) is 11.1 Å². The van der Waals surface area contributed by atoms with Gasteiger partial charge in [0, 0.05) is 6.54 Å². The van der Waals surface area contributed by atoms with E-state index in [1.54, 1.807) is 6.92 Å². The first-order valence-electron chi connectivity index (χ1n) is 6.65. The number of hydrogen-bond acceptors (Lipinski definition) is 3. The maximum atomic E-state index is 12.1. The summed E-state index contributed by atoms with van der Waals surface area (Å²) >= 11 is 0. The lowest BCUT2D eigenvalue weighted by atomic mass is 9.89. The lowest BCUT2D eigenvalue weighted by Crippen LogP contribution is -2.58. The van der Waals surface area contributed by atoms with Crippen molar-refractivity contribution in [1.82, 2.24) is 10.6 Å². The summed E-state index contributed by atoms with van der Waals surface area (Å²) in [5.41, 5.74) is -1.25. The molecule has 1 heterocycles. The predicted octanol–water partition coefficient (Wildman–Crippen LogP) is 1.19. The first-order valence-corrected chi connectivity index (χ1v) is 6.65. The molecule has 0 radical (unpaired) electrons. The van der Waals surface area contributed by atoms with Crippen LogP contribution in [-0.2, 0) is 4.79 Å². The molecule has 2 unspecified atom stereocenters. The zero-order valence-corrected chi connectivity index (χ0v) is 11.3. The molecule has 0 aromatic heterocycles. The van der Waals surface area contributed by atoms with Crippen LogP contribution in [0.2, 0.25) is 0 Å². The molecule has 3 N–H and O–H groups in total. The number of hydrogen-bond donors (Lipinski definition) is 3. The third-order valence-corrected chi connectivity index (χ3v) is 3.54. The van der Waals surface area contributed by atoms with Gasteiger partial charge in [0.25, 0.3) is 0 Å². The zero-order chi connectivity index (χ0) is 12.9. The molecule has 1 amide bonds. The van der Waals surface area contributed by atoms with Gasteiger partial charge in [-0.15, -0.1) is 0 Å². The maximum Gasteiger partial charge on any atom is 0.240 e. The van der Waals surface area contributed by atoms with E-state index in [2.05, 4.69) is 10.6 Å². The highest BCUT2D eigenvalue weighted by Crippen LogP contribution is 2.19. The van der Waals surface area contributed by atoms with Gasteiger partial charge in [0.1, 0.15) is 0 Å². The third-order valence-electron chi connectivity index (χ3n) is 3.54. The number of piperidine rings is 1. The Kier molecular flexibility index (Phi) is 4.95. The maximum absolute atomic E-state index is 12.1. The lowest BCUT2D eigenvalue weighted by Gasteiger charge is -2.34. The van der Waals surface area contributed by atoms with Crippen molar-refractivity contribution in [2.45, 2.75) is 64.0 Å². The standard InChI is InChI=1S/C13H26N2O2/c1-4-7-12(2,17)10-14-11(16)13(3)8-5-6-9-15-13/h15,17H,4-10H2,1-3H3,(H,14,16). The van der Waals surface area contributed by atoms with Crippen molar-refractivity contribution in [2.24, 2.45) is 0 Å². The molecule has 0 aromatic carbocycles. The van der Waals surface area contributed by atoms with Gasteiger partial charge in [-0.2, -0.15) is 0 Å². The molecule has 1 aliphatic heterocycles. The van der Waals surface area contributed by atoms with Gasteiger partial charge >= 0.3 is 0 Å². The van der Waals surface area contributed by atoms with Gasteiger partial charge in [-0.25, -0.2) is 0 Å². The van der Waals surface area contributed by atoms with E-state index in [9.17, 15) is 9.90 Å². The van der Waals surface area contributed by atoms with Crippen LogP contribution in [0.4, 0.5) is 0 Å². The Hall–Kier alpha value is -0.610. The summed E-state index contributed by atoms with van der Waals surface area (Å²) in [5.74, 6) is 0.00794. The van der Waals surface area contributed by atoms with Crippen LogP contribution in [-0.4, -0.2) is 35.2 Å². The molecule has 2 atom stereocenters. The van der Waals surface area contributed by atoms with Gasteiger partial charge in [-0.3, -0.25) is 4.79 Å². The summed E-state index contributed by atoms with van der Waals surface area (Å²) in [4.78, 5) is 12.1. The fourth-order valence-corrected chi connectivity index (χ4v) is 2.34. The minimum atomic E-state index is -0.796. The second kappa shape index (κ2) is 5.83. The zero-order valence-electron chi connectivity index (χ0n) is 11.3. The number of carbonyl (C=O) groups excluding carboxylic acids is 1. The number of rotatable bonds is 5. The SMILES string of the molecule is CCCC(C)(O)CNC(=O)C1(C)CCCCN1. The lowest BCUT2D eigenvalue weighted by molar-refractivity contribution is -0.129. The minimum absolute atomic E-state index is 0.00794. The molecule has 17 heavy (non-hydrogen) atoms. The second-order valence-corrected chi connectivity index (χ2v) is 5.65. The van der Waals surface area contributed by atoms with Crippen molar-refractivity contribution in [3.05, 3.63) is 0 Å². The molecular formula is C13H26N2O2. The van der Waals surface area contributed by atoms with Crippen LogP contribution in [0, 0.1) is 0 Å². The van der Waals surface area contributed by atoms with Gasteiger partial charge in [-0.1, -0.05) is 13.3 Å². The van der Waals surface area contributed by atoms with E-state index in [4.69, 9.17) is 0 Å². The predicted molar refractivity (Wildman–Crippen MR) is 68.8 cm³/mol. The highest BCUT2D eigenvalue weighted by atomic mass is 16.3. The molecule has 0 aliphatic carbocycles. The second-order valence-electron chi connectivity index (χ2n) is 5.65. The molecule has 4 nitrogen and oxygen atoms in total. The van der Waals surface area contributed by atoms with E-state index in [1.807, 2.05) is 13.8 Å². The molecule has 0 spiro atoms. The van der Waals surface area contributed by atoms with Crippen LogP contribution in [0.25, 0.3) is 0 Å². The summed E-state index contributed by atoms with van der Waals surface area (Å²) in [6.45, 7) is 6.97. The van der Waals surface area contributed by atoms with Crippen molar-refractivity contribution < 1.29 is 9.90 Å². The van der Waals surface area contributed by atoms with Gasteiger partial charge in [0.2, 0.25) is 5.91 Å². The van der Waals surface area contributed by atoms with E-state index in [-0.39, 0.29) is 5.91 Å². The molecule has 100 valence electrons. The Morgan fingerprint density at radius 1 is 1.53 bits per heavy atom. The molecule has 4 heteroatoms. The van der Waals surface area contributed by atoms with Crippen molar-refractivity contribution >= 4 is 5.91 Å². The number of amides is 1. The monoisotopic (exact) mass is 242 g/mol. The molecule has 1 fully saturated rings. The third kappa shape index (κ3) is 4.28. The van der Waals surface area contributed by atoms with E-state index in [0.717, 1.165) is 32.2 Å². The molecular weight excluding hydrogens is 216 g/mol.